The van der Waals surface area contributed by atoms with Gasteiger partial charge < -0.3 is 10.2 Å². The van der Waals surface area contributed by atoms with Crippen molar-refractivity contribution in [3.8, 4) is 5.75 Å². The topological polar surface area (TPSA) is 129 Å². The van der Waals surface area contributed by atoms with Crippen LogP contribution in [0.15, 0.2) is 76.9 Å². The molecule has 2 aromatic carbocycles. The van der Waals surface area contributed by atoms with Gasteiger partial charge in [0.25, 0.3) is 0 Å². The maximum atomic E-state index is 14.5. The molecule has 39 heavy (non-hydrogen) atoms. The Balaban J connectivity index is 1.49. The molecule has 1 aliphatic heterocycles. The van der Waals surface area contributed by atoms with Crippen molar-refractivity contribution in [2.45, 2.75) is 25.7 Å². The lowest BCUT2D eigenvalue weighted by atomic mass is 9.59. The predicted molar refractivity (Wildman–Crippen MR) is 135 cm³/mol. The number of ketones is 2. The van der Waals surface area contributed by atoms with Crippen molar-refractivity contribution in [3.63, 3.8) is 0 Å². The van der Waals surface area contributed by atoms with E-state index in [0.29, 0.717) is 5.57 Å². The van der Waals surface area contributed by atoms with Gasteiger partial charge in [-0.05, 0) is 56.0 Å². The Morgan fingerprint density at radius 1 is 1.03 bits per heavy atom. The standard InChI is InChI=1S/C30H22FNO7/c1-13-10-22(33)25-20(26(13)34)12-19-16(23(25)17-6-3-7-21(31)27(17)35)8-9-18-24(19)29(37)32(28(18)36)15-5-2-4-14(11-15)30(38)39/h2-8,10-11,18-19,23-24,35H,9,12H2,1H3,(H,38,39). The summed E-state index contributed by atoms with van der Waals surface area (Å²) in [7, 11) is 0. The first-order valence-corrected chi connectivity index (χ1v) is 12.5. The molecule has 1 saturated heterocycles. The number of hydrogen-bond donors (Lipinski definition) is 2. The summed E-state index contributed by atoms with van der Waals surface area (Å²) in [6.07, 6.45) is 3.18. The van der Waals surface area contributed by atoms with Gasteiger partial charge in [-0.3, -0.25) is 24.1 Å². The molecule has 3 aliphatic carbocycles. The number of hydrogen-bond acceptors (Lipinski definition) is 6. The van der Waals surface area contributed by atoms with E-state index in [1.165, 1.54) is 49.4 Å². The van der Waals surface area contributed by atoms with Crippen LogP contribution in [0.5, 0.6) is 5.75 Å². The number of rotatable bonds is 3. The first kappa shape index (κ1) is 24.7. The largest absolute Gasteiger partial charge is 0.505 e. The summed E-state index contributed by atoms with van der Waals surface area (Å²) in [5, 5.41) is 20.1. The average molecular weight is 528 g/mol. The van der Waals surface area contributed by atoms with Crippen molar-refractivity contribution in [2.24, 2.45) is 17.8 Å². The van der Waals surface area contributed by atoms with E-state index < -0.39 is 58.8 Å². The third-order valence-electron chi connectivity index (χ3n) is 8.24. The lowest BCUT2D eigenvalue weighted by Crippen LogP contribution is -2.39. The molecule has 0 radical (unpaired) electrons. The number of phenols is 1. The Morgan fingerprint density at radius 2 is 1.77 bits per heavy atom. The zero-order chi connectivity index (χ0) is 27.7. The minimum atomic E-state index is -1.20. The van der Waals surface area contributed by atoms with Gasteiger partial charge in [0.2, 0.25) is 11.8 Å². The van der Waals surface area contributed by atoms with Gasteiger partial charge in [-0.15, -0.1) is 0 Å². The molecule has 6 rings (SSSR count). The number of anilines is 1. The van der Waals surface area contributed by atoms with Gasteiger partial charge in [-0.1, -0.05) is 29.8 Å². The van der Waals surface area contributed by atoms with Crippen molar-refractivity contribution >= 4 is 35.0 Å². The predicted octanol–water partition coefficient (Wildman–Crippen LogP) is 3.86. The summed E-state index contributed by atoms with van der Waals surface area (Å²) in [5.74, 6) is -7.80. The molecule has 8 nitrogen and oxygen atoms in total. The lowest BCUT2D eigenvalue weighted by molar-refractivity contribution is -0.123. The van der Waals surface area contributed by atoms with Gasteiger partial charge in [0.05, 0.1) is 23.1 Å². The number of para-hydroxylation sites is 1. The first-order valence-electron chi connectivity index (χ1n) is 12.5. The summed E-state index contributed by atoms with van der Waals surface area (Å²) in [5.41, 5.74) is 1.32. The Kier molecular flexibility index (Phi) is 5.50. The van der Waals surface area contributed by atoms with Crippen molar-refractivity contribution in [1.29, 1.82) is 0 Å². The molecule has 0 saturated carbocycles. The van der Waals surface area contributed by atoms with Crippen LogP contribution in [0, 0.1) is 23.6 Å². The number of aromatic hydroxyl groups is 1. The maximum absolute atomic E-state index is 14.5. The zero-order valence-corrected chi connectivity index (χ0v) is 20.7. The van der Waals surface area contributed by atoms with E-state index in [9.17, 15) is 38.6 Å². The molecule has 4 atom stereocenters. The van der Waals surface area contributed by atoms with Gasteiger partial charge >= 0.3 is 5.97 Å². The van der Waals surface area contributed by atoms with Crippen LogP contribution in [0.1, 0.15) is 41.6 Å². The highest BCUT2D eigenvalue weighted by atomic mass is 19.1. The third-order valence-corrected chi connectivity index (χ3v) is 8.24. The van der Waals surface area contributed by atoms with Crippen LogP contribution in [-0.4, -0.2) is 39.6 Å². The van der Waals surface area contributed by atoms with E-state index in [1.54, 1.807) is 6.08 Å². The number of allylic oxidation sites excluding steroid dienone is 6. The molecule has 1 fully saturated rings. The van der Waals surface area contributed by atoms with Gasteiger partial charge in [0.15, 0.2) is 23.1 Å². The van der Waals surface area contributed by atoms with Gasteiger partial charge in [-0.25, -0.2) is 9.18 Å². The molecule has 4 aliphatic rings. The van der Waals surface area contributed by atoms with Crippen molar-refractivity contribution in [1.82, 2.24) is 0 Å². The van der Waals surface area contributed by atoms with Crippen LogP contribution in [0.2, 0.25) is 0 Å². The number of carboxylic acid groups (broad SMARTS) is 1. The second-order valence-corrected chi connectivity index (χ2v) is 10.3. The summed E-state index contributed by atoms with van der Waals surface area (Å²) in [4.78, 5) is 66.4. The molecule has 0 bridgehead atoms. The fraction of sp³-hybridized carbons (Fsp3) is 0.233. The normalized spacial score (nSPS) is 26.2. The molecule has 196 valence electrons. The number of carbonyl (C=O) groups is 5. The van der Waals surface area contributed by atoms with Gasteiger partial charge in [0.1, 0.15) is 0 Å². The van der Waals surface area contributed by atoms with E-state index in [1.807, 2.05) is 0 Å². The summed E-state index contributed by atoms with van der Waals surface area (Å²) < 4.78 is 14.5. The quantitative estimate of drug-likeness (QED) is 0.352. The summed E-state index contributed by atoms with van der Waals surface area (Å²) in [6.45, 7) is 1.52. The van der Waals surface area contributed by atoms with Crippen molar-refractivity contribution < 1.29 is 38.6 Å². The van der Waals surface area contributed by atoms with Crippen LogP contribution in [0.25, 0.3) is 0 Å². The molecule has 1 heterocycles. The second-order valence-electron chi connectivity index (χ2n) is 10.3. The number of halogens is 1. The molecular weight excluding hydrogens is 505 g/mol. The number of Topliss-reactive ketones (excluding diaryl/α,β-unsaturated/α-hetero) is 1. The number of aromatic carboxylic acids is 1. The van der Waals surface area contributed by atoms with E-state index in [0.717, 1.165) is 11.0 Å². The van der Waals surface area contributed by atoms with Crippen LogP contribution >= 0.6 is 0 Å². The van der Waals surface area contributed by atoms with E-state index in [4.69, 9.17) is 0 Å². The number of benzene rings is 2. The van der Waals surface area contributed by atoms with Crippen LogP contribution in [0.4, 0.5) is 10.1 Å². The first-order chi connectivity index (χ1) is 18.6. The number of amides is 2. The monoisotopic (exact) mass is 527 g/mol. The Labute approximate surface area is 221 Å². The van der Waals surface area contributed by atoms with E-state index in [2.05, 4.69) is 0 Å². The number of imide groups is 1. The van der Waals surface area contributed by atoms with Crippen LogP contribution in [-0.2, 0) is 19.2 Å². The fourth-order valence-electron chi connectivity index (χ4n) is 6.53. The second kappa shape index (κ2) is 8.69. The molecule has 0 aromatic heterocycles. The number of nitrogens with zero attached hydrogens (tertiary/aromatic N) is 1. The Morgan fingerprint density at radius 3 is 2.51 bits per heavy atom. The minimum absolute atomic E-state index is 0.0344. The number of phenolic OH excluding ortho intramolecular Hbond substituents is 1. The maximum Gasteiger partial charge on any atom is 0.335 e. The van der Waals surface area contributed by atoms with Crippen molar-refractivity contribution in [3.05, 3.63) is 93.9 Å². The molecule has 2 amide bonds. The van der Waals surface area contributed by atoms with Crippen molar-refractivity contribution in [2.75, 3.05) is 4.90 Å². The Hall–Kier alpha value is -4.66. The van der Waals surface area contributed by atoms with Crippen LogP contribution < -0.4 is 4.90 Å². The van der Waals surface area contributed by atoms with Gasteiger partial charge in [-0.2, -0.15) is 0 Å². The SMILES string of the molecule is CC1=CC(=O)C2=C(CC3C(=CCC4C(=O)N(c5cccc(C(=O)O)c5)C(=O)C43)C2c2cccc(F)c2O)C1=O. The fourth-order valence-corrected chi connectivity index (χ4v) is 6.53. The van der Waals surface area contributed by atoms with E-state index in [-0.39, 0.29) is 52.2 Å². The van der Waals surface area contributed by atoms with Crippen LogP contribution in [0.3, 0.4) is 0 Å². The zero-order valence-electron chi connectivity index (χ0n) is 20.7. The molecule has 2 N–H and O–H groups in total. The Bertz CT molecular complexity index is 1630. The highest BCUT2D eigenvalue weighted by Gasteiger charge is 2.56. The van der Waals surface area contributed by atoms with E-state index >= 15 is 0 Å². The molecule has 9 heteroatoms. The highest BCUT2D eigenvalue weighted by molar-refractivity contribution is 6.25. The molecule has 4 unspecified atom stereocenters. The van der Waals surface area contributed by atoms with Gasteiger partial charge in [0, 0.05) is 28.2 Å². The smallest absolute Gasteiger partial charge is 0.335 e. The number of fused-ring (bicyclic) bond motifs is 3. The average Bonchev–Trinajstić information content (AvgIpc) is 3.17. The third kappa shape index (κ3) is 3.53. The summed E-state index contributed by atoms with van der Waals surface area (Å²) in [6, 6.07) is 9.52. The molecule has 2 aromatic rings. The highest BCUT2D eigenvalue weighted by Crippen LogP contribution is 2.56. The summed E-state index contributed by atoms with van der Waals surface area (Å²) >= 11 is 0. The number of carboxylic acids is 1. The minimum Gasteiger partial charge on any atom is -0.505 e. The molecular formula is C30H22FNO7. The number of carbonyl (C=O) groups excluding carboxylic acids is 4. The lowest BCUT2D eigenvalue weighted by Gasteiger charge is -2.42. The molecule has 0 spiro atoms.